The summed E-state index contributed by atoms with van der Waals surface area (Å²) in [7, 11) is -4.79. The highest BCUT2D eigenvalue weighted by Crippen LogP contribution is 2.47. The Hall–Kier alpha value is -1.27. The van der Waals surface area contributed by atoms with Crippen LogP contribution in [0.5, 0.6) is 5.75 Å². The van der Waals surface area contributed by atoms with E-state index in [1.54, 1.807) is 0 Å². The van der Waals surface area contributed by atoms with E-state index in [4.69, 9.17) is 0 Å². The lowest BCUT2D eigenvalue weighted by atomic mass is 10.00. The Morgan fingerprint density at radius 1 is 0.852 bits per heavy atom. The summed E-state index contributed by atoms with van der Waals surface area (Å²) < 4.78 is 109. The second-order valence-electron chi connectivity index (χ2n) is 5.09. The maximum Gasteiger partial charge on any atom is 0.420 e. The van der Waals surface area contributed by atoms with Crippen LogP contribution in [0.1, 0.15) is 16.7 Å². The van der Waals surface area contributed by atoms with E-state index >= 15 is 0 Å². The molecule has 0 N–H and O–H groups in total. The standard InChI is InChI=1S/C15H8Br2F6O3S/c16-7-8-1-6-11(13(15(21,22)23)12(8)14(18,19)20)26-27(24,25)10-4-2-9(17)3-5-10/h1-6H,7H2. The fraction of sp³-hybridized carbons (Fsp3) is 0.200. The van der Waals surface area contributed by atoms with Gasteiger partial charge in [0.05, 0.1) is 5.56 Å². The van der Waals surface area contributed by atoms with Gasteiger partial charge in [0.1, 0.15) is 10.5 Å². The molecular weight excluding hydrogens is 534 g/mol. The summed E-state index contributed by atoms with van der Waals surface area (Å²) in [5, 5.41) is -0.523. The fourth-order valence-electron chi connectivity index (χ4n) is 2.18. The average molecular weight is 542 g/mol. The van der Waals surface area contributed by atoms with E-state index in [0.29, 0.717) is 10.5 Å². The van der Waals surface area contributed by atoms with Crippen LogP contribution in [0, 0.1) is 0 Å². The molecule has 0 aliphatic rings. The predicted molar refractivity (Wildman–Crippen MR) is 91.0 cm³/mol. The maximum absolute atomic E-state index is 13.4. The second kappa shape index (κ2) is 7.63. The fourth-order valence-corrected chi connectivity index (χ4v) is 3.85. The lowest BCUT2D eigenvalue weighted by Gasteiger charge is -2.21. The average Bonchev–Trinajstić information content (AvgIpc) is 2.52. The van der Waals surface area contributed by atoms with Gasteiger partial charge in [-0.05, 0) is 35.9 Å². The molecule has 0 unspecified atom stereocenters. The summed E-state index contributed by atoms with van der Waals surface area (Å²) in [6.45, 7) is 0. The van der Waals surface area contributed by atoms with Gasteiger partial charge in [-0.3, -0.25) is 0 Å². The van der Waals surface area contributed by atoms with Gasteiger partial charge in [0.2, 0.25) is 0 Å². The molecule has 12 heteroatoms. The number of rotatable bonds is 4. The van der Waals surface area contributed by atoms with E-state index in [-0.39, 0.29) is 0 Å². The molecular formula is C15H8Br2F6O3S. The first kappa shape index (κ1) is 22.0. The SMILES string of the molecule is O=S(=O)(Oc1ccc(CBr)c(C(F)(F)F)c1C(F)(F)F)c1ccc(Br)cc1. The van der Waals surface area contributed by atoms with Crippen molar-refractivity contribution in [1.29, 1.82) is 0 Å². The molecule has 0 atom stereocenters. The minimum atomic E-state index is -5.51. The Labute approximate surface area is 166 Å². The number of hydrogen-bond donors (Lipinski definition) is 0. The van der Waals surface area contributed by atoms with Crippen LogP contribution >= 0.6 is 31.9 Å². The molecule has 2 rings (SSSR count). The summed E-state index contributed by atoms with van der Waals surface area (Å²) in [5.74, 6) is -1.46. The normalized spacial score (nSPS) is 12.9. The molecule has 27 heavy (non-hydrogen) atoms. The maximum atomic E-state index is 13.4. The zero-order valence-electron chi connectivity index (χ0n) is 12.8. The quantitative estimate of drug-likeness (QED) is 0.265. The van der Waals surface area contributed by atoms with Crippen LogP contribution in [0.4, 0.5) is 26.3 Å². The predicted octanol–water partition coefficient (Wildman–Crippen LogP) is 6.15. The first-order valence-electron chi connectivity index (χ1n) is 6.83. The largest absolute Gasteiger partial charge is 0.420 e. The monoisotopic (exact) mass is 540 g/mol. The molecule has 2 aromatic carbocycles. The molecule has 0 aromatic heterocycles. The second-order valence-corrected chi connectivity index (χ2v) is 8.12. The molecule has 0 bridgehead atoms. The van der Waals surface area contributed by atoms with Gasteiger partial charge in [-0.25, -0.2) is 0 Å². The molecule has 2 aromatic rings. The van der Waals surface area contributed by atoms with Crippen molar-refractivity contribution >= 4 is 42.0 Å². The Kier molecular flexibility index (Phi) is 6.22. The van der Waals surface area contributed by atoms with Gasteiger partial charge in [0, 0.05) is 9.80 Å². The van der Waals surface area contributed by atoms with Crippen molar-refractivity contribution in [3.8, 4) is 5.75 Å². The highest BCUT2D eigenvalue weighted by Gasteiger charge is 2.47. The number of benzene rings is 2. The molecule has 148 valence electrons. The van der Waals surface area contributed by atoms with Crippen LogP contribution in [0.2, 0.25) is 0 Å². The molecule has 0 heterocycles. The molecule has 0 amide bonds. The van der Waals surface area contributed by atoms with E-state index in [0.717, 1.165) is 18.2 Å². The first-order valence-corrected chi connectivity index (χ1v) is 10.2. The van der Waals surface area contributed by atoms with Crippen LogP contribution < -0.4 is 4.18 Å². The third kappa shape index (κ3) is 4.96. The third-order valence-corrected chi connectivity index (χ3v) is 5.65. The molecule has 0 saturated carbocycles. The van der Waals surface area contributed by atoms with E-state index in [2.05, 4.69) is 36.0 Å². The van der Waals surface area contributed by atoms with E-state index in [1.807, 2.05) is 0 Å². The van der Waals surface area contributed by atoms with Crippen LogP contribution in [-0.4, -0.2) is 8.42 Å². The van der Waals surface area contributed by atoms with Crippen molar-refractivity contribution in [2.24, 2.45) is 0 Å². The lowest BCUT2D eigenvalue weighted by molar-refractivity contribution is -0.163. The van der Waals surface area contributed by atoms with E-state index in [1.165, 1.54) is 12.1 Å². The summed E-state index contributed by atoms with van der Waals surface area (Å²) >= 11 is 5.75. The zero-order valence-corrected chi connectivity index (χ0v) is 16.8. The lowest BCUT2D eigenvalue weighted by Crippen LogP contribution is -2.21. The van der Waals surface area contributed by atoms with Crippen molar-refractivity contribution in [2.45, 2.75) is 22.6 Å². The summed E-state index contributed by atoms with van der Waals surface area (Å²) in [5.41, 5.74) is -4.91. The topological polar surface area (TPSA) is 43.4 Å². The highest BCUT2D eigenvalue weighted by atomic mass is 79.9. The molecule has 0 fully saturated rings. The van der Waals surface area contributed by atoms with Crippen molar-refractivity contribution in [2.75, 3.05) is 0 Å². The molecule has 3 nitrogen and oxygen atoms in total. The Balaban J connectivity index is 2.69. The van der Waals surface area contributed by atoms with Crippen molar-refractivity contribution in [1.82, 2.24) is 0 Å². The smallest absolute Gasteiger partial charge is 0.378 e. The van der Waals surface area contributed by atoms with Crippen LogP contribution in [0.25, 0.3) is 0 Å². The molecule has 0 aliphatic carbocycles. The Morgan fingerprint density at radius 2 is 1.37 bits per heavy atom. The Bertz CT molecular complexity index is 938. The van der Waals surface area contributed by atoms with Crippen LogP contribution in [0.15, 0.2) is 45.8 Å². The van der Waals surface area contributed by atoms with Gasteiger partial charge >= 0.3 is 22.5 Å². The summed E-state index contributed by atoms with van der Waals surface area (Å²) in [6, 6.07) is 5.91. The molecule has 0 radical (unpaired) electrons. The Morgan fingerprint density at radius 3 is 1.81 bits per heavy atom. The van der Waals surface area contributed by atoms with Gasteiger partial charge in [-0.1, -0.05) is 37.9 Å². The number of alkyl halides is 7. The van der Waals surface area contributed by atoms with Gasteiger partial charge in [-0.15, -0.1) is 0 Å². The molecule has 0 aliphatic heterocycles. The van der Waals surface area contributed by atoms with Crippen molar-refractivity contribution in [3.05, 3.63) is 57.6 Å². The summed E-state index contributed by atoms with van der Waals surface area (Å²) in [6.07, 6.45) is -10.9. The first-order chi connectivity index (χ1) is 12.3. The highest BCUT2D eigenvalue weighted by molar-refractivity contribution is 9.10. The van der Waals surface area contributed by atoms with Crippen LogP contribution in [0.3, 0.4) is 0 Å². The van der Waals surface area contributed by atoms with Gasteiger partial charge in [0.25, 0.3) is 0 Å². The minimum Gasteiger partial charge on any atom is -0.378 e. The summed E-state index contributed by atoms with van der Waals surface area (Å²) in [4.78, 5) is -0.517. The zero-order chi connectivity index (χ0) is 20.6. The van der Waals surface area contributed by atoms with Gasteiger partial charge < -0.3 is 4.18 Å². The van der Waals surface area contributed by atoms with Crippen molar-refractivity contribution in [3.63, 3.8) is 0 Å². The molecule has 0 saturated heterocycles. The molecule has 0 spiro atoms. The number of hydrogen-bond acceptors (Lipinski definition) is 3. The minimum absolute atomic E-state index is 0.485. The van der Waals surface area contributed by atoms with E-state index in [9.17, 15) is 34.8 Å². The number of halogens is 8. The van der Waals surface area contributed by atoms with Gasteiger partial charge in [-0.2, -0.15) is 34.8 Å². The van der Waals surface area contributed by atoms with Crippen LogP contribution in [-0.2, 0) is 27.8 Å². The van der Waals surface area contributed by atoms with E-state index < -0.39 is 55.1 Å². The van der Waals surface area contributed by atoms with Crippen molar-refractivity contribution < 1.29 is 38.9 Å². The van der Waals surface area contributed by atoms with Gasteiger partial charge in [0.15, 0.2) is 5.75 Å². The third-order valence-electron chi connectivity index (χ3n) is 3.27.